The third-order valence-electron chi connectivity index (χ3n) is 2.65. The molecule has 1 aromatic rings. The number of alkyl halides is 2. The summed E-state index contributed by atoms with van der Waals surface area (Å²) in [6.45, 7) is 3.61. The van der Waals surface area contributed by atoms with Crippen molar-refractivity contribution in [2.75, 3.05) is 5.75 Å². The number of unbranched alkanes of at least 4 members (excludes halogenated alkanes) is 1. The summed E-state index contributed by atoms with van der Waals surface area (Å²) in [6.07, 6.45) is -0.672. The molecule has 0 aliphatic rings. The molecule has 0 saturated heterocycles. The second kappa shape index (κ2) is 6.73. The summed E-state index contributed by atoms with van der Waals surface area (Å²) >= 11 is 1.31. The van der Waals surface area contributed by atoms with Crippen molar-refractivity contribution in [3.8, 4) is 0 Å². The molecule has 1 aromatic carbocycles. The Hall–Kier alpha value is -1.10. The Morgan fingerprint density at radius 3 is 2.61 bits per heavy atom. The minimum atomic E-state index is -2.57. The summed E-state index contributed by atoms with van der Waals surface area (Å²) in [5, 5.41) is 8.99. The smallest absolute Gasteiger partial charge is 0.335 e. The number of hydrogen-bond donors (Lipinski definition) is 1. The summed E-state index contributed by atoms with van der Waals surface area (Å²) in [5.41, 5.74) is 0.457. The fourth-order valence-electron chi connectivity index (χ4n) is 1.63. The van der Waals surface area contributed by atoms with E-state index in [-0.39, 0.29) is 11.1 Å². The predicted octanol–water partition coefficient (Wildman–Crippen LogP) is 4.52. The molecule has 2 nitrogen and oxygen atoms in total. The third kappa shape index (κ3) is 3.45. The number of benzene rings is 1. The van der Waals surface area contributed by atoms with Gasteiger partial charge in [-0.3, -0.25) is 0 Å². The van der Waals surface area contributed by atoms with Crippen LogP contribution in [0.3, 0.4) is 0 Å². The fourth-order valence-corrected chi connectivity index (χ4v) is 2.91. The van der Waals surface area contributed by atoms with E-state index in [9.17, 15) is 13.6 Å². The molecule has 1 rings (SSSR count). The number of aromatic carboxylic acids is 1. The molecular formula is C13H16F2O2S. The van der Waals surface area contributed by atoms with Crippen LogP contribution >= 0.6 is 11.8 Å². The van der Waals surface area contributed by atoms with Crippen LogP contribution in [-0.2, 0) is 0 Å². The summed E-state index contributed by atoms with van der Waals surface area (Å²) in [5.74, 6) is -0.356. The first kappa shape index (κ1) is 15.0. The molecule has 18 heavy (non-hydrogen) atoms. The first-order chi connectivity index (χ1) is 8.49. The van der Waals surface area contributed by atoms with Crippen LogP contribution in [0.5, 0.6) is 0 Å². The Morgan fingerprint density at radius 2 is 2.11 bits per heavy atom. The van der Waals surface area contributed by atoms with E-state index in [1.54, 1.807) is 6.92 Å². The lowest BCUT2D eigenvalue weighted by Crippen LogP contribution is -2.03. The molecule has 0 heterocycles. The van der Waals surface area contributed by atoms with E-state index in [4.69, 9.17) is 5.11 Å². The second-order valence-electron chi connectivity index (χ2n) is 3.96. The second-order valence-corrected chi connectivity index (χ2v) is 5.07. The van der Waals surface area contributed by atoms with Gasteiger partial charge in [-0.1, -0.05) is 19.4 Å². The zero-order valence-corrected chi connectivity index (χ0v) is 11.2. The number of hydrogen-bond acceptors (Lipinski definition) is 2. The Morgan fingerprint density at radius 1 is 1.44 bits per heavy atom. The normalized spacial score (nSPS) is 10.9. The maximum absolute atomic E-state index is 12.9. The highest BCUT2D eigenvalue weighted by Crippen LogP contribution is 2.35. The Bertz CT molecular complexity index is 433. The number of rotatable bonds is 6. The van der Waals surface area contributed by atoms with E-state index in [1.165, 1.54) is 23.9 Å². The minimum Gasteiger partial charge on any atom is -0.478 e. The molecule has 0 bridgehead atoms. The molecule has 0 saturated carbocycles. The highest BCUT2D eigenvalue weighted by atomic mass is 32.2. The van der Waals surface area contributed by atoms with Gasteiger partial charge in [0.2, 0.25) is 0 Å². The maximum Gasteiger partial charge on any atom is 0.335 e. The molecule has 0 amide bonds. The molecule has 0 aliphatic heterocycles. The van der Waals surface area contributed by atoms with Crippen molar-refractivity contribution in [2.24, 2.45) is 0 Å². The van der Waals surface area contributed by atoms with Gasteiger partial charge in [-0.2, -0.15) is 0 Å². The zero-order valence-electron chi connectivity index (χ0n) is 10.4. The topological polar surface area (TPSA) is 37.3 Å². The van der Waals surface area contributed by atoms with Crippen molar-refractivity contribution in [2.45, 2.75) is 38.0 Å². The largest absolute Gasteiger partial charge is 0.478 e. The molecule has 0 aromatic heterocycles. The number of carboxylic acids is 1. The molecule has 0 spiro atoms. The van der Waals surface area contributed by atoms with Crippen molar-refractivity contribution in [3.05, 3.63) is 28.8 Å². The highest BCUT2D eigenvalue weighted by Gasteiger charge is 2.19. The van der Waals surface area contributed by atoms with Gasteiger partial charge in [0.05, 0.1) is 5.56 Å². The van der Waals surface area contributed by atoms with E-state index in [0.29, 0.717) is 10.5 Å². The van der Waals surface area contributed by atoms with E-state index < -0.39 is 12.4 Å². The van der Waals surface area contributed by atoms with Gasteiger partial charge < -0.3 is 5.11 Å². The number of carbonyl (C=O) groups is 1. The maximum atomic E-state index is 12.9. The zero-order chi connectivity index (χ0) is 13.7. The lowest BCUT2D eigenvalue weighted by molar-refractivity contribution is 0.0695. The molecule has 1 N–H and O–H groups in total. The Balaban J connectivity index is 3.14. The summed E-state index contributed by atoms with van der Waals surface area (Å²) in [6, 6.07) is 2.47. The first-order valence-corrected chi connectivity index (χ1v) is 6.75. The van der Waals surface area contributed by atoms with Crippen LogP contribution in [0.15, 0.2) is 17.0 Å². The molecule has 5 heteroatoms. The van der Waals surface area contributed by atoms with Crippen LogP contribution in [0.25, 0.3) is 0 Å². The van der Waals surface area contributed by atoms with Gasteiger partial charge in [-0.15, -0.1) is 11.8 Å². The standard InChI is InChI=1S/C13H16F2O2S/c1-3-4-7-18-11-8(2)9(13(16)17)5-6-10(11)12(14)15/h5-6,12H,3-4,7H2,1-2H3,(H,16,17). The average molecular weight is 274 g/mol. The molecule has 0 atom stereocenters. The first-order valence-electron chi connectivity index (χ1n) is 5.76. The van der Waals surface area contributed by atoms with Crippen LogP contribution in [0.2, 0.25) is 0 Å². The van der Waals surface area contributed by atoms with Crippen LogP contribution in [0.1, 0.15) is 47.7 Å². The minimum absolute atomic E-state index is 0.0707. The van der Waals surface area contributed by atoms with Gasteiger partial charge in [0.15, 0.2) is 0 Å². The lowest BCUT2D eigenvalue weighted by Gasteiger charge is -2.13. The van der Waals surface area contributed by atoms with Gasteiger partial charge in [0, 0.05) is 10.5 Å². The molecule has 0 radical (unpaired) electrons. The molecule has 0 unspecified atom stereocenters. The Kier molecular flexibility index (Phi) is 5.59. The summed E-state index contributed by atoms with van der Waals surface area (Å²) < 4.78 is 25.8. The van der Waals surface area contributed by atoms with Gasteiger partial charge >= 0.3 is 5.97 Å². The van der Waals surface area contributed by atoms with Gasteiger partial charge in [0.1, 0.15) is 0 Å². The van der Waals surface area contributed by atoms with E-state index in [0.717, 1.165) is 18.6 Å². The van der Waals surface area contributed by atoms with Crippen molar-refractivity contribution >= 4 is 17.7 Å². The highest BCUT2D eigenvalue weighted by molar-refractivity contribution is 7.99. The third-order valence-corrected chi connectivity index (χ3v) is 3.97. The van der Waals surface area contributed by atoms with E-state index >= 15 is 0 Å². The van der Waals surface area contributed by atoms with Crippen molar-refractivity contribution in [3.63, 3.8) is 0 Å². The van der Waals surface area contributed by atoms with Crippen LogP contribution in [-0.4, -0.2) is 16.8 Å². The monoisotopic (exact) mass is 274 g/mol. The number of halogens is 2. The quantitative estimate of drug-likeness (QED) is 0.612. The molecule has 100 valence electrons. The molecule has 0 fully saturated rings. The van der Waals surface area contributed by atoms with Gasteiger partial charge in [-0.25, -0.2) is 13.6 Å². The predicted molar refractivity (Wildman–Crippen MR) is 68.7 cm³/mol. The fraction of sp³-hybridized carbons (Fsp3) is 0.462. The van der Waals surface area contributed by atoms with Crippen molar-refractivity contribution in [1.82, 2.24) is 0 Å². The lowest BCUT2D eigenvalue weighted by atomic mass is 10.1. The van der Waals surface area contributed by atoms with Crippen molar-refractivity contribution in [1.29, 1.82) is 0 Å². The van der Waals surface area contributed by atoms with Gasteiger partial charge in [0.25, 0.3) is 6.43 Å². The molecule has 0 aliphatic carbocycles. The van der Waals surface area contributed by atoms with Gasteiger partial charge in [-0.05, 0) is 30.7 Å². The average Bonchev–Trinajstić information content (AvgIpc) is 2.30. The summed E-state index contributed by atoms with van der Waals surface area (Å²) in [7, 11) is 0. The summed E-state index contributed by atoms with van der Waals surface area (Å²) in [4.78, 5) is 11.4. The van der Waals surface area contributed by atoms with Crippen LogP contribution < -0.4 is 0 Å². The molecular weight excluding hydrogens is 258 g/mol. The van der Waals surface area contributed by atoms with Crippen LogP contribution in [0.4, 0.5) is 8.78 Å². The number of carboxylic acid groups (broad SMARTS) is 1. The SMILES string of the molecule is CCCCSc1c(C(F)F)ccc(C(=O)O)c1C. The Labute approximate surface area is 109 Å². The van der Waals surface area contributed by atoms with E-state index in [2.05, 4.69) is 0 Å². The van der Waals surface area contributed by atoms with Crippen molar-refractivity contribution < 1.29 is 18.7 Å². The van der Waals surface area contributed by atoms with E-state index in [1.807, 2.05) is 6.92 Å². The number of thioether (sulfide) groups is 1. The van der Waals surface area contributed by atoms with Crippen LogP contribution in [0, 0.1) is 6.92 Å².